The summed E-state index contributed by atoms with van der Waals surface area (Å²) in [5.74, 6) is 0.976. The summed E-state index contributed by atoms with van der Waals surface area (Å²) in [4.78, 5) is 25.7. The second-order valence-corrected chi connectivity index (χ2v) is 7.73. The van der Waals surface area contributed by atoms with Gasteiger partial charge in [-0.2, -0.15) is 0 Å². The second-order valence-electron chi connectivity index (χ2n) is 6.88. The third kappa shape index (κ3) is 4.89. The number of carbonyl (C=O) groups excluding carboxylic acids is 2. The maximum atomic E-state index is 12.1. The Kier molecular flexibility index (Phi) is 6.16. The molecule has 1 fully saturated rings. The number of amides is 2. The van der Waals surface area contributed by atoms with Gasteiger partial charge in [0.15, 0.2) is 6.61 Å². The molecule has 0 radical (unpaired) electrons. The van der Waals surface area contributed by atoms with Crippen LogP contribution in [-0.2, 0) is 9.59 Å². The molecular formula is C21H23BrN2O3. The molecule has 3 rings (SSSR count). The summed E-state index contributed by atoms with van der Waals surface area (Å²) in [6.07, 6.45) is 1.49. The first-order valence-corrected chi connectivity index (χ1v) is 9.86. The first-order valence-electron chi connectivity index (χ1n) is 9.06. The highest BCUT2D eigenvalue weighted by Gasteiger charge is 2.21. The zero-order valence-electron chi connectivity index (χ0n) is 15.5. The number of benzene rings is 2. The van der Waals surface area contributed by atoms with E-state index in [2.05, 4.69) is 35.1 Å². The minimum Gasteiger partial charge on any atom is -0.483 e. The molecule has 2 aromatic carbocycles. The van der Waals surface area contributed by atoms with Crippen molar-refractivity contribution in [1.29, 1.82) is 0 Å². The monoisotopic (exact) mass is 430 g/mol. The number of nitrogens with one attached hydrogen (secondary N) is 1. The van der Waals surface area contributed by atoms with E-state index in [-0.39, 0.29) is 18.4 Å². The fraction of sp³-hybridized carbons (Fsp3) is 0.333. The lowest BCUT2D eigenvalue weighted by Crippen LogP contribution is -2.23. The number of rotatable bonds is 6. The van der Waals surface area contributed by atoms with Crippen LogP contribution < -0.4 is 15.0 Å². The summed E-state index contributed by atoms with van der Waals surface area (Å²) < 4.78 is 6.45. The zero-order valence-corrected chi connectivity index (χ0v) is 17.1. The van der Waals surface area contributed by atoms with E-state index in [9.17, 15) is 9.59 Å². The Labute approximate surface area is 167 Å². The molecule has 0 spiro atoms. The molecule has 0 unspecified atom stereocenters. The number of anilines is 2. The maximum Gasteiger partial charge on any atom is 0.262 e. The zero-order chi connectivity index (χ0) is 19.4. The number of carbonyl (C=O) groups is 2. The summed E-state index contributed by atoms with van der Waals surface area (Å²) in [5.41, 5.74) is 2.74. The van der Waals surface area contributed by atoms with Gasteiger partial charge in [0.05, 0.1) is 4.47 Å². The van der Waals surface area contributed by atoms with Gasteiger partial charge in [-0.1, -0.05) is 19.9 Å². The molecule has 1 N–H and O–H groups in total. The van der Waals surface area contributed by atoms with Crippen LogP contribution in [-0.4, -0.2) is 25.0 Å². The van der Waals surface area contributed by atoms with E-state index in [1.165, 1.54) is 5.56 Å². The SMILES string of the molecule is CC(C)c1ccc(OCC(=O)Nc2ccc(N3CCCC3=O)cc2)c(Br)c1. The molecule has 0 bridgehead atoms. The van der Waals surface area contributed by atoms with Crippen molar-refractivity contribution in [2.45, 2.75) is 32.6 Å². The summed E-state index contributed by atoms with van der Waals surface area (Å²) >= 11 is 3.49. The number of ether oxygens (including phenoxy) is 1. The van der Waals surface area contributed by atoms with E-state index in [0.29, 0.717) is 23.8 Å². The van der Waals surface area contributed by atoms with Gasteiger partial charge in [0.2, 0.25) is 5.91 Å². The number of halogens is 1. The molecule has 1 saturated heterocycles. The number of hydrogen-bond donors (Lipinski definition) is 1. The lowest BCUT2D eigenvalue weighted by atomic mass is 10.0. The van der Waals surface area contributed by atoms with Gasteiger partial charge in [-0.3, -0.25) is 9.59 Å². The molecule has 2 amide bonds. The molecule has 5 nitrogen and oxygen atoms in total. The maximum absolute atomic E-state index is 12.1. The predicted molar refractivity (Wildman–Crippen MR) is 110 cm³/mol. The van der Waals surface area contributed by atoms with Gasteiger partial charge < -0.3 is 15.0 Å². The average Bonchev–Trinajstić information content (AvgIpc) is 3.07. The van der Waals surface area contributed by atoms with Crippen molar-refractivity contribution < 1.29 is 14.3 Å². The van der Waals surface area contributed by atoms with Crippen molar-refractivity contribution in [2.75, 3.05) is 23.4 Å². The van der Waals surface area contributed by atoms with Crippen molar-refractivity contribution >= 4 is 39.1 Å². The fourth-order valence-electron chi connectivity index (χ4n) is 2.98. The highest BCUT2D eigenvalue weighted by molar-refractivity contribution is 9.10. The fourth-order valence-corrected chi connectivity index (χ4v) is 3.49. The third-order valence-electron chi connectivity index (χ3n) is 4.52. The van der Waals surface area contributed by atoms with Crippen molar-refractivity contribution in [3.8, 4) is 5.75 Å². The highest BCUT2D eigenvalue weighted by Crippen LogP contribution is 2.29. The van der Waals surface area contributed by atoms with Crippen LogP contribution in [0.2, 0.25) is 0 Å². The second kappa shape index (κ2) is 8.57. The van der Waals surface area contributed by atoms with Crippen LogP contribution in [0.25, 0.3) is 0 Å². The highest BCUT2D eigenvalue weighted by atomic mass is 79.9. The van der Waals surface area contributed by atoms with Crippen LogP contribution >= 0.6 is 15.9 Å². The third-order valence-corrected chi connectivity index (χ3v) is 5.14. The lowest BCUT2D eigenvalue weighted by molar-refractivity contribution is -0.118. The largest absolute Gasteiger partial charge is 0.483 e. The van der Waals surface area contributed by atoms with Crippen LogP contribution in [0.3, 0.4) is 0 Å². The predicted octanol–water partition coefficient (Wildman–Crippen LogP) is 4.72. The summed E-state index contributed by atoms with van der Waals surface area (Å²) in [5, 5.41) is 2.81. The van der Waals surface area contributed by atoms with Crippen molar-refractivity contribution in [3.05, 3.63) is 52.5 Å². The summed E-state index contributed by atoms with van der Waals surface area (Å²) in [6.45, 7) is 4.93. The van der Waals surface area contributed by atoms with Gasteiger partial charge in [0.1, 0.15) is 5.75 Å². The molecule has 0 saturated carbocycles. The van der Waals surface area contributed by atoms with Gasteiger partial charge in [-0.25, -0.2) is 0 Å². The Bertz CT molecular complexity index is 834. The number of nitrogens with zero attached hydrogens (tertiary/aromatic N) is 1. The molecule has 6 heteroatoms. The van der Waals surface area contributed by atoms with Crippen LogP contribution in [0.1, 0.15) is 38.2 Å². The van der Waals surface area contributed by atoms with Crippen LogP contribution in [0.5, 0.6) is 5.75 Å². The van der Waals surface area contributed by atoms with Crippen molar-refractivity contribution in [3.63, 3.8) is 0 Å². The molecule has 0 aliphatic carbocycles. The van der Waals surface area contributed by atoms with Crippen molar-refractivity contribution in [2.24, 2.45) is 0 Å². The van der Waals surface area contributed by atoms with E-state index in [0.717, 1.165) is 23.1 Å². The van der Waals surface area contributed by atoms with Crippen LogP contribution in [0.15, 0.2) is 46.9 Å². The Morgan fingerprint density at radius 1 is 1.22 bits per heavy atom. The Balaban J connectivity index is 1.54. The minimum absolute atomic E-state index is 0.0774. The lowest BCUT2D eigenvalue weighted by Gasteiger charge is -2.16. The van der Waals surface area contributed by atoms with Crippen molar-refractivity contribution in [1.82, 2.24) is 0 Å². The molecule has 2 aromatic rings. The average molecular weight is 431 g/mol. The Hall–Kier alpha value is -2.34. The first-order chi connectivity index (χ1) is 12.9. The molecular weight excluding hydrogens is 408 g/mol. The standard InChI is InChI=1S/C21H23BrN2O3/c1-14(2)15-5-10-19(18(22)12-15)27-13-20(25)23-16-6-8-17(9-7-16)24-11-3-4-21(24)26/h5-10,12,14H,3-4,11,13H2,1-2H3,(H,23,25). The van der Waals surface area contributed by atoms with E-state index in [4.69, 9.17) is 4.74 Å². The van der Waals surface area contributed by atoms with Gasteiger partial charge in [-0.05, 0) is 70.2 Å². The molecule has 1 heterocycles. The quantitative estimate of drug-likeness (QED) is 0.721. The van der Waals surface area contributed by atoms with Gasteiger partial charge >= 0.3 is 0 Å². The topological polar surface area (TPSA) is 58.6 Å². The molecule has 27 heavy (non-hydrogen) atoms. The van der Waals surface area contributed by atoms with Gasteiger partial charge in [0.25, 0.3) is 5.91 Å². The Morgan fingerprint density at radius 2 is 1.96 bits per heavy atom. The van der Waals surface area contributed by atoms with E-state index < -0.39 is 0 Å². The van der Waals surface area contributed by atoms with Crippen LogP contribution in [0.4, 0.5) is 11.4 Å². The molecule has 142 valence electrons. The van der Waals surface area contributed by atoms with Gasteiger partial charge in [-0.15, -0.1) is 0 Å². The summed E-state index contributed by atoms with van der Waals surface area (Å²) in [7, 11) is 0. The Morgan fingerprint density at radius 3 is 2.56 bits per heavy atom. The van der Waals surface area contributed by atoms with Crippen LogP contribution in [0, 0.1) is 0 Å². The summed E-state index contributed by atoms with van der Waals surface area (Å²) in [6, 6.07) is 13.2. The van der Waals surface area contributed by atoms with E-state index >= 15 is 0 Å². The molecule has 1 aliphatic heterocycles. The smallest absolute Gasteiger partial charge is 0.262 e. The molecule has 0 aromatic heterocycles. The minimum atomic E-state index is -0.236. The molecule has 0 atom stereocenters. The van der Waals surface area contributed by atoms with Gasteiger partial charge in [0, 0.05) is 24.3 Å². The normalized spacial score (nSPS) is 13.9. The first kappa shape index (κ1) is 19.4. The van der Waals surface area contributed by atoms with E-state index in [1.807, 2.05) is 30.3 Å². The number of hydrogen-bond acceptors (Lipinski definition) is 3. The molecule has 1 aliphatic rings. The van der Waals surface area contributed by atoms with E-state index in [1.54, 1.807) is 17.0 Å².